The average Bonchev–Trinajstić information content (AvgIpc) is 2.22. The molecule has 1 amide bonds. The molecule has 0 saturated carbocycles. The quantitative estimate of drug-likeness (QED) is 0.684. The number of benzene rings is 1. The zero-order valence-electron chi connectivity index (χ0n) is 8.08. The number of nitrogens with one attached hydrogen (secondary N) is 1. The van der Waals surface area contributed by atoms with Crippen molar-refractivity contribution in [1.29, 1.82) is 5.26 Å². The molecule has 0 aromatic heterocycles. The largest absolute Gasteiger partial charge is 0.325 e. The molecule has 3 nitrogen and oxygen atoms in total. The van der Waals surface area contributed by atoms with Gasteiger partial charge in [-0.3, -0.25) is 4.79 Å². The number of thioether (sulfide) groups is 1. The Hall–Kier alpha value is -0.990. The molecule has 15 heavy (non-hydrogen) atoms. The van der Waals surface area contributed by atoms with Crippen LogP contribution in [0.3, 0.4) is 0 Å². The van der Waals surface area contributed by atoms with Crippen molar-refractivity contribution in [3.05, 3.63) is 22.7 Å². The lowest BCUT2D eigenvalue weighted by Gasteiger charge is -2.06. The van der Waals surface area contributed by atoms with E-state index in [0.717, 1.165) is 26.8 Å². The summed E-state index contributed by atoms with van der Waals surface area (Å²) in [5, 5.41) is 13.2. The lowest BCUT2D eigenvalue weighted by molar-refractivity contribution is -0.115. The number of halogens is 1. The van der Waals surface area contributed by atoms with Crippen LogP contribution in [-0.2, 0) is 4.79 Å². The molecule has 1 aromatic rings. The minimum atomic E-state index is -0.0311. The lowest BCUT2D eigenvalue weighted by Crippen LogP contribution is -2.09. The Kier molecular flexibility index (Phi) is 4.66. The number of hydrogen-bond acceptors (Lipinski definition) is 3. The molecule has 78 valence electrons. The van der Waals surface area contributed by atoms with Crippen molar-refractivity contribution >= 4 is 39.3 Å². The standard InChI is InChI=1S/C10H9BrN2OS/c1-2-10(14)13-9-4-3-7(15-6-12)5-8(9)11/h3-5H,2H2,1H3,(H,13,14). The van der Waals surface area contributed by atoms with Gasteiger partial charge in [-0.1, -0.05) is 6.92 Å². The van der Waals surface area contributed by atoms with Gasteiger partial charge >= 0.3 is 0 Å². The number of thiocyanates is 1. The number of carbonyl (C=O) groups excluding carboxylic acids is 1. The topological polar surface area (TPSA) is 52.9 Å². The minimum Gasteiger partial charge on any atom is -0.325 e. The summed E-state index contributed by atoms with van der Waals surface area (Å²) < 4.78 is 0.782. The van der Waals surface area contributed by atoms with E-state index in [9.17, 15) is 4.79 Å². The number of rotatable bonds is 3. The molecule has 1 aromatic carbocycles. The number of anilines is 1. The van der Waals surface area contributed by atoms with E-state index in [-0.39, 0.29) is 5.91 Å². The zero-order chi connectivity index (χ0) is 11.3. The van der Waals surface area contributed by atoms with Crippen LogP contribution in [0.1, 0.15) is 13.3 Å². The molecule has 0 bridgehead atoms. The summed E-state index contributed by atoms with van der Waals surface area (Å²) >= 11 is 4.42. The van der Waals surface area contributed by atoms with E-state index in [1.54, 1.807) is 25.1 Å². The van der Waals surface area contributed by atoms with Crippen LogP contribution in [0.4, 0.5) is 5.69 Å². The van der Waals surface area contributed by atoms with E-state index in [2.05, 4.69) is 21.2 Å². The molecule has 0 unspecified atom stereocenters. The van der Waals surface area contributed by atoms with Crippen molar-refractivity contribution in [2.75, 3.05) is 5.32 Å². The van der Waals surface area contributed by atoms with E-state index in [4.69, 9.17) is 5.26 Å². The molecule has 0 spiro atoms. The van der Waals surface area contributed by atoms with Gasteiger partial charge < -0.3 is 5.32 Å². The second-order valence-electron chi connectivity index (χ2n) is 2.74. The van der Waals surface area contributed by atoms with Crippen molar-refractivity contribution in [3.8, 4) is 5.40 Å². The maximum Gasteiger partial charge on any atom is 0.224 e. The number of amides is 1. The van der Waals surface area contributed by atoms with Gasteiger partial charge in [0.2, 0.25) is 5.91 Å². The van der Waals surface area contributed by atoms with Gasteiger partial charge in [-0.05, 0) is 45.9 Å². The number of carbonyl (C=O) groups is 1. The van der Waals surface area contributed by atoms with E-state index >= 15 is 0 Å². The Morgan fingerprint density at radius 1 is 1.67 bits per heavy atom. The van der Waals surface area contributed by atoms with Crippen LogP contribution in [-0.4, -0.2) is 5.91 Å². The van der Waals surface area contributed by atoms with E-state index in [1.807, 2.05) is 5.40 Å². The SMILES string of the molecule is CCC(=O)Nc1ccc(SC#N)cc1Br. The predicted octanol–water partition coefficient (Wildman–Crippen LogP) is 3.37. The fourth-order valence-corrected chi connectivity index (χ4v) is 2.00. The number of hydrogen-bond donors (Lipinski definition) is 1. The summed E-state index contributed by atoms with van der Waals surface area (Å²) in [5.74, 6) is -0.0311. The fourth-order valence-electron chi connectivity index (χ4n) is 0.952. The van der Waals surface area contributed by atoms with E-state index in [1.165, 1.54) is 0 Å². The Morgan fingerprint density at radius 2 is 2.40 bits per heavy atom. The van der Waals surface area contributed by atoms with Gasteiger partial charge in [-0.15, -0.1) is 0 Å². The summed E-state index contributed by atoms with van der Waals surface area (Å²) in [6, 6.07) is 5.38. The van der Waals surface area contributed by atoms with Gasteiger partial charge in [0, 0.05) is 15.8 Å². The molecule has 1 N–H and O–H groups in total. The molecule has 0 heterocycles. The highest BCUT2D eigenvalue weighted by Crippen LogP contribution is 2.28. The second kappa shape index (κ2) is 5.79. The van der Waals surface area contributed by atoms with Gasteiger partial charge in [-0.25, -0.2) is 0 Å². The van der Waals surface area contributed by atoms with Gasteiger partial charge in [0.15, 0.2) is 0 Å². The third kappa shape index (κ3) is 3.57. The molecule has 0 atom stereocenters. The van der Waals surface area contributed by atoms with Crippen LogP contribution in [0.15, 0.2) is 27.6 Å². The van der Waals surface area contributed by atoms with Gasteiger partial charge in [0.05, 0.1) is 5.69 Å². The average molecular weight is 285 g/mol. The molecule has 0 aliphatic heterocycles. The monoisotopic (exact) mass is 284 g/mol. The molecule has 0 aliphatic rings. The van der Waals surface area contributed by atoms with Crippen LogP contribution in [0, 0.1) is 10.7 Å². The van der Waals surface area contributed by atoms with Crippen molar-refractivity contribution < 1.29 is 4.79 Å². The van der Waals surface area contributed by atoms with Crippen molar-refractivity contribution in [3.63, 3.8) is 0 Å². The van der Waals surface area contributed by atoms with Crippen LogP contribution < -0.4 is 5.32 Å². The summed E-state index contributed by atoms with van der Waals surface area (Å²) in [6.07, 6.45) is 0.446. The van der Waals surface area contributed by atoms with Gasteiger partial charge in [0.1, 0.15) is 5.40 Å². The first-order valence-corrected chi connectivity index (χ1v) is 5.93. The molecule has 0 radical (unpaired) electrons. The maximum atomic E-state index is 11.2. The Labute approximate surface area is 101 Å². The third-order valence-electron chi connectivity index (χ3n) is 1.70. The Morgan fingerprint density at radius 3 is 2.93 bits per heavy atom. The zero-order valence-corrected chi connectivity index (χ0v) is 10.5. The van der Waals surface area contributed by atoms with E-state index in [0.29, 0.717) is 6.42 Å². The molecule has 5 heteroatoms. The summed E-state index contributed by atoms with van der Waals surface area (Å²) in [6.45, 7) is 1.79. The summed E-state index contributed by atoms with van der Waals surface area (Å²) in [5.41, 5.74) is 0.726. The first kappa shape index (κ1) is 12.1. The van der Waals surface area contributed by atoms with Crippen molar-refractivity contribution in [2.24, 2.45) is 0 Å². The molecule has 0 saturated heterocycles. The van der Waals surface area contributed by atoms with Gasteiger partial charge in [-0.2, -0.15) is 5.26 Å². The Balaban J connectivity index is 2.84. The smallest absolute Gasteiger partial charge is 0.224 e. The first-order chi connectivity index (χ1) is 7.17. The first-order valence-electron chi connectivity index (χ1n) is 4.32. The van der Waals surface area contributed by atoms with E-state index < -0.39 is 0 Å². The molecular weight excluding hydrogens is 276 g/mol. The minimum absolute atomic E-state index is 0.0311. The number of nitriles is 1. The molecule has 0 aliphatic carbocycles. The highest BCUT2D eigenvalue weighted by Gasteiger charge is 2.04. The van der Waals surface area contributed by atoms with Crippen LogP contribution in [0.2, 0.25) is 0 Å². The van der Waals surface area contributed by atoms with Crippen LogP contribution in [0.25, 0.3) is 0 Å². The third-order valence-corrected chi connectivity index (χ3v) is 2.94. The maximum absolute atomic E-state index is 11.2. The lowest BCUT2D eigenvalue weighted by atomic mass is 10.3. The molecule has 1 rings (SSSR count). The van der Waals surface area contributed by atoms with Crippen molar-refractivity contribution in [2.45, 2.75) is 18.2 Å². The molecule has 0 fully saturated rings. The van der Waals surface area contributed by atoms with Crippen LogP contribution in [0.5, 0.6) is 0 Å². The van der Waals surface area contributed by atoms with Gasteiger partial charge in [0.25, 0.3) is 0 Å². The Bertz CT molecular complexity index is 414. The predicted molar refractivity (Wildman–Crippen MR) is 64.5 cm³/mol. The highest BCUT2D eigenvalue weighted by atomic mass is 79.9. The second-order valence-corrected chi connectivity index (χ2v) is 4.45. The fraction of sp³-hybridized carbons (Fsp3) is 0.200. The summed E-state index contributed by atoms with van der Waals surface area (Å²) in [7, 11) is 0. The molecular formula is C10H9BrN2OS. The normalized spacial score (nSPS) is 9.40. The highest BCUT2D eigenvalue weighted by molar-refractivity contribution is 9.10. The number of nitrogens with zero attached hydrogens (tertiary/aromatic N) is 1. The summed E-state index contributed by atoms with van der Waals surface area (Å²) in [4.78, 5) is 12.0. The van der Waals surface area contributed by atoms with Crippen LogP contribution >= 0.6 is 27.7 Å². The van der Waals surface area contributed by atoms with Crippen molar-refractivity contribution in [1.82, 2.24) is 0 Å².